The number of phenolic OH excluding ortho intramolecular Hbond substituents is 1. The fourth-order valence-corrected chi connectivity index (χ4v) is 1.63. The maximum absolute atomic E-state index is 9.33. The van der Waals surface area contributed by atoms with Gasteiger partial charge in [0.05, 0.1) is 7.11 Å². The van der Waals surface area contributed by atoms with Crippen molar-refractivity contribution in [1.29, 1.82) is 0 Å². The minimum Gasteiger partial charge on any atom is -0.508 e. The fraction of sp³-hybridized carbons (Fsp3) is 0.0769. The lowest BCUT2D eigenvalue weighted by molar-refractivity contribution is 0.374. The van der Waals surface area contributed by atoms with Crippen LogP contribution in [0.2, 0.25) is 0 Å². The highest BCUT2D eigenvalue weighted by Crippen LogP contribution is 2.34. The molecule has 4 heteroatoms. The Hall–Kier alpha value is -1.68. The topological polar surface area (TPSA) is 38.7 Å². The van der Waals surface area contributed by atoms with Crippen molar-refractivity contribution >= 4 is 15.9 Å². The van der Waals surface area contributed by atoms with Gasteiger partial charge in [0.25, 0.3) is 0 Å². The van der Waals surface area contributed by atoms with Crippen LogP contribution in [0.25, 0.3) is 0 Å². The largest absolute Gasteiger partial charge is 0.508 e. The minimum absolute atomic E-state index is 0.144. The lowest BCUT2D eigenvalue weighted by atomic mass is 10.3. The minimum atomic E-state index is 0.144. The highest BCUT2D eigenvalue weighted by Gasteiger charge is 2.06. The van der Waals surface area contributed by atoms with Gasteiger partial charge in [-0.3, -0.25) is 0 Å². The third kappa shape index (κ3) is 2.91. The van der Waals surface area contributed by atoms with Gasteiger partial charge >= 0.3 is 0 Å². The molecule has 0 saturated heterocycles. The molecule has 2 aromatic rings. The van der Waals surface area contributed by atoms with Crippen molar-refractivity contribution in [1.82, 2.24) is 0 Å². The van der Waals surface area contributed by atoms with Gasteiger partial charge in [0.15, 0.2) is 11.5 Å². The van der Waals surface area contributed by atoms with Crippen molar-refractivity contribution in [2.45, 2.75) is 0 Å². The molecule has 2 aromatic carbocycles. The van der Waals surface area contributed by atoms with E-state index < -0.39 is 0 Å². The third-order valence-corrected chi connectivity index (χ3v) is 2.72. The van der Waals surface area contributed by atoms with Crippen LogP contribution in [-0.2, 0) is 0 Å². The zero-order valence-corrected chi connectivity index (χ0v) is 10.8. The van der Waals surface area contributed by atoms with E-state index in [2.05, 4.69) is 15.9 Å². The standard InChI is InChI=1S/C13H11BrO3/c1-16-13-8-10(15)4-7-12(13)17-11-5-2-9(14)3-6-11/h2-8,15H,1H3. The summed E-state index contributed by atoms with van der Waals surface area (Å²) in [6, 6.07) is 12.2. The molecule has 0 aliphatic carbocycles. The first-order chi connectivity index (χ1) is 8.19. The van der Waals surface area contributed by atoms with Gasteiger partial charge in [0.2, 0.25) is 0 Å². The monoisotopic (exact) mass is 294 g/mol. The number of methoxy groups -OCH3 is 1. The van der Waals surface area contributed by atoms with E-state index in [9.17, 15) is 5.11 Å². The zero-order chi connectivity index (χ0) is 12.3. The third-order valence-electron chi connectivity index (χ3n) is 2.19. The van der Waals surface area contributed by atoms with E-state index in [0.29, 0.717) is 17.2 Å². The Kier molecular flexibility index (Phi) is 3.54. The quantitative estimate of drug-likeness (QED) is 0.931. The molecule has 0 bridgehead atoms. The molecule has 0 radical (unpaired) electrons. The summed E-state index contributed by atoms with van der Waals surface area (Å²) in [6.45, 7) is 0. The van der Waals surface area contributed by atoms with Gasteiger partial charge in [-0.2, -0.15) is 0 Å². The molecule has 0 heterocycles. The Morgan fingerprint density at radius 3 is 2.35 bits per heavy atom. The molecule has 0 atom stereocenters. The van der Waals surface area contributed by atoms with Crippen molar-refractivity contribution in [2.24, 2.45) is 0 Å². The summed E-state index contributed by atoms with van der Waals surface area (Å²) in [5.41, 5.74) is 0. The molecule has 88 valence electrons. The molecule has 0 aromatic heterocycles. The predicted octanol–water partition coefficient (Wildman–Crippen LogP) is 3.96. The van der Waals surface area contributed by atoms with Crippen molar-refractivity contribution in [2.75, 3.05) is 7.11 Å². The van der Waals surface area contributed by atoms with Crippen LogP contribution in [0, 0.1) is 0 Å². The van der Waals surface area contributed by atoms with E-state index in [1.807, 2.05) is 24.3 Å². The number of hydrogen-bond acceptors (Lipinski definition) is 3. The zero-order valence-electron chi connectivity index (χ0n) is 9.18. The van der Waals surface area contributed by atoms with Gasteiger partial charge < -0.3 is 14.6 Å². The first kappa shape index (κ1) is 11.8. The molecule has 3 nitrogen and oxygen atoms in total. The molecule has 0 aliphatic heterocycles. The second-order valence-corrected chi connectivity index (χ2v) is 4.31. The molecular formula is C13H11BrO3. The van der Waals surface area contributed by atoms with Gasteiger partial charge in [0.1, 0.15) is 11.5 Å². The van der Waals surface area contributed by atoms with E-state index in [1.165, 1.54) is 13.2 Å². The molecular weight excluding hydrogens is 284 g/mol. The predicted molar refractivity (Wildman–Crippen MR) is 68.9 cm³/mol. The average molecular weight is 295 g/mol. The Labute approximate surface area is 108 Å². The molecule has 2 rings (SSSR count). The summed E-state index contributed by atoms with van der Waals surface area (Å²) >= 11 is 3.36. The Balaban J connectivity index is 2.26. The number of hydrogen-bond donors (Lipinski definition) is 1. The smallest absolute Gasteiger partial charge is 0.169 e. The number of aromatic hydroxyl groups is 1. The fourth-order valence-electron chi connectivity index (χ4n) is 1.37. The number of phenols is 1. The van der Waals surface area contributed by atoms with Crippen molar-refractivity contribution in [3.63, 3.8) is 0 Å². The van der Waals surface area contributed by atoms with Crippen LogP contribution in [0.15, 0.2) is 46.9 Å². The highest BCUT2D eigenvalue weighted by atomic mass is 79.9. The SMILES string of the molecule is COc1cc(O)ccc1Oc1ccc(Br)cc1. The highest BCUT2D eigenvalue weighted by molar-refractivity contribution is 9.10. The van der Waals surface area contributed by atoms with Crippen LogP contribution in [-0.4, -0.2) is 12.2 Å². The summed E-state index contributed by atoms with van der Waals surface area (Å²) < 4.78 is 11.8. The van der Waals surface area contributed by atoms with Crippen LogP contribution < -0.4 is 9.47 Å². The van der Waals surface area contributed by atoms with Gasteiger partial charge in [-0.15, -0.1) is 0 Å². The molecule has 0 aliphatic rings. The average Bonchev–Trinajstić information content (AvgIpc) is 2.34. The van der Waals surface area contributed by atoms with E-state index in [-0.39, 0.29) is 5.75 Å². The van der Waals surface area contributed by atoms with Gasteiger partial charge in [-0.05, 0) is 36.4 Å². The van der Waals surface area contributed by atoms with Crippen molar-refractivity contribution in [3.05, 3.63) is 46.9 Å². The van der Waals surface area contributed by atoms with Gasteiger partial charge in [-0.1, -0.05) is 15.9 Å². The number of benzene rings is 2. The lowest BCUT2D eigenvalue weighted by Gasteiger charge is -2.10. The normalized spacial score (nSPS) is 10.0. The van der Waals surface area contributed by atoms with Gasteiger partial charge in [0, 0.05) is 10.5 Å². The number of ether oxygens (including phenoxy) is 2. The van der Waals surface area contributed by atoms with Gasteiger partial charge in [-0.25, -0.2) is 0 Å². The second-order valence-electron chi connectivity index (χ2n) is 3.39. The lowest BCUT2D eigenvalue weighted by Crippen LogP contribution is -1.89. The maximum Gasteiger partial charge on any atom is 0.169 e. The number of halogens is 1. The second kappa shape index (κ2) is 5.10. The summed E-state index contributed by atoms with van der Waals surface area (Å²) in [6.07, 6.45) is 0. The first-order valence-corrected chi connectivity index (χ1v) is 5.79. The van der Waals surface area contributed by atoms with Crippen molar-refractivity contribution < 1.29 is 14.6 Å². The Morgan fingerprint density at radius 2 is 1.71 bits per heavy atom. The number of rotatable bonds is 3. The van der Waals surface area contributed by atoms with Crippen LogP contribution in [0.1, 0.15) is 0 Å². The summed E-state index contributed by atoms with van der Waals surface area (Å²) in [5.74, 6) is 1.91. The molecule has 1 N–H and O–H groups in total. The molecule has 0 saturated carbocycles. The van der Waals surface area contributed by atoms with Crippen molar-refractivity contribution in [3.8, 4) is 23.0 Å². The van der Waals surface area contributed by atoms with Crippen LogP contribution in [0.3, 0.4) is 0 Å². The Morgan fingerprint density at radius 1 is 1.00 bits per heavy atom. The molecule has 0 unspecified atom stereocenters. The molecule has 17 heavy (non-hydrogen) atoms. The molecule has 0 spiro atoms. The van der Waals surface area contributed by atoms with Crippen LogP contribution in [0.5, 0.6) is 23.0 Å². The van der Waals surface area contributed by atoms with E-state index in [1.54, 1.807) is 12.1 Å². The maximum atomic E-state index is 9.33. The molecule has 0 amide bonds. The summed E-state index contributed by atoms with van der Waals surface area (Å²) in [4.78, 5) is 0. The van der Waals surface area contributed by atoms with E-state index in [0.717, 1.165) is 4.47 Å². The molecule has 0 fully saturated rings. The first-order valence-electron chi connectivity index (χ1n) is 4.99. The Bertz CT molecular complexity index is 509. The summed E-state index contributed by atoms with van der Waals surface area (Å²) in [5, 5.41) is 9.33. The van der Waals surface area contributed by atoms with Crippen LogP contribution >= 0.6 is 15.9 Å². The van der Waals surface area contributed by atoms with Crippen LogP contribution in [0.4, 0.5) is 0 Å². The van der Waals surface area contributed by atoms with E-state index in [4.69, 9.17) is 9.47 Å². The summed E-state index contributed by atoms with van der Waals surface area (Å²) in [7, 11) is 1.53. The van der Waals surface area contributed by atoms with E-state index >= 15 is 0 Å².